The minimum absolute atomic E-state index is 0.271. The quantitative estimate of drug-likeness (QED) is 0.466. The second-order valence-corrected chi connectivity index (χ2v) is 6.92. The van der Waals surface area contributed by atoms with Crippen LogP contribution in [0.2, 0.25) is 10.0 Å². The van der Waals surface area contributed by atoms with Gasteiger partial charge in [0, 0.05) is 28.3 Å². The third-order valence-corrected chi connectivity index (χ3v) is 4.85. The van der Waals surface area contributed by atoms with E-state index in [0.717, 1.165) is 5.52 Å². The molecule has 142 valence electrons. The molecule has 8 heteroatoms. The van der Waals surface area contributed by atoms with E-state index in [1.165, 1.54) is 0 Å². The number of imidazole rings is 1. The predicted octanol–water partition coefficient (Wildman–Crippen LogP) is 5.00. The van der Waals surface area contributed by atoms with Gasteiger partial charge in [-0.25, -0.2) is 4.98 Å². The van der Waals surface area contributed by atoms with Crippen molar-refractivity contribution in [3.05, 3.63) is 76.9 Å². The Balaban J connectivity index is 1.51. The third-order valence-electron chi connectivity index (χ3n) is 4.23. The van der Waals surface area contributed by atoms with E-state index in [2.05, 4.69) is 15.3 Å². The molecule has 0 fully saturated rings. The molecule has 2 N–H and O–H groups in total. The lowest BCUT2D eigenvalue weighted by atomic mass is 10.2. The number of amides is 1. The van der Waals surface area contributed by atoms with Gasteiger partial charge in [0.05, 0.1) is 23.6 Å². The zero-order valence-corrected chi connectivity index (χ0v) is 16.2. The average molecular weight is 415 g/mol. The van der Waals surface area contributed by atoms with Gasteiger partial charge in [-0.3, -0.25) is 4.79 Å². The van der Waals surface area contributed by atoms with Gasteiger partial charge in [-0.2, -0.15) is 0 Å². The Kier molecular flexibility index (Phi) is 5.23. The lowest BCUT2D eigenvalue weighted by Gasteiger charge is -2.12. The first-order chi connectivity index (χ1) is 13.6. The van der Waals surface area contributed by atoms with Gasteiger partial charge >= 0.3 is 0 Å². The van der Waals surface area contributed by atoms with Crippen LogP contribution in [0.3, 0.4) is 0 Å². The zero-order chi connectivity index (χ0) is 19.5. The Morgan fingerprint density at radius 2 is 2.07 bits per heavy atom. The maximum atomic E-state index is 12.8. The van der Waals surface area contributed by atoms with E-state index in [9.17, 15) is 4.79 Å². The van der Waals surface area contributed by atoms with Crippen molar-refractivity contribution in [1.82, 2.24) is 14.5 Å². The Morgan fingerprint density at radius 1 is 1.21 bits per heavy atom. The first kappa shape index (κ1) is 18.4. The number of aromatic nitrogens is 3. The molecular formula is C20H16Cl2N4O2. The molecule has 28 heavy (non-hydrogen) atoms. The highest BCUT2D eigenvalue weighted by Crippen LogP contribution is 2.31. The van der Waals surface area contributed by atoms with Gasteiger partial charge in [0.15, 0.2) is 0 Å². The van der Waals surface area contributed by atoms with Crippen LogP contribution in [0, 0.1) is 0 Å². The second kappa shape index (κ2) is 7.96. The van der Waals surface area contributed by atoms with Crippen molar-refractivity contribution in [2.75, 3.05) is 11.9 Å². The fourth-order valence-corrected chi connectivity index (χ4v) is 3.31. The maximum Gasteiger partial charge on any atom is 0.273 e. The van der Waals surface area contributed by atoms with Crippen molar-refractivity contribution in [3.63, 3.8) is 0 Å². The van der Waals surface area contributed by atoms with E-state index in [1.54, 1.807) is 42.9 Å². The molecule has 2 aromatic carbocycles. The molecule has 2 heterocycles. The van der Waals surface area contributed by atoms with E-state index in [0.29, 0.717) is 40.0 Å². The lowest BCUT2D eigenvalue weighted by molar-refractivity contribution is 0.102. The molecule has 0 bridgehead atoms. The molecule has 2 aromatic heterocycles. The number of fused-ring (bicyclic) bond motifs is 1. The number of rotatable bonds is 6. The van der Waals surface area contributed by atoms with Crippen LogP contribution in [-0.2, 0) is 6.54 Å². The van der Waals surface area contributed by atoms with E-state index in [4.69, 9.17) is 27.9 Å². The van der Waals surface area contributed by atoms with Crippen LogP contribution in [0.15, 0.2) is 61.2 Å². The van der Waals surface area contributed by atoms with E-state index in [1.807, 2.05) is 22.9 Å². The van der Waals surface area contributed by atoms with Crippen molar-refractivity contribution in [2.24, 2.45) is 0 Å². The Bertz CT molecular complexity index is 1120. The summed E-state index contributed by atoms with van der Waals surface area (Å²) in [6, 6.07) is 12.5. The number of nitrogens with one attached hydrogen (secondary N) is 2. The smallest absolute Gasteiger partial charge is 0.273 e. The summed E-state index contributed by atoms with van der Waals surface area (Å²) in [5, 5.41) is 4.43. The van der Waals surface area contributed by atoms with Gasteiger partial charge in [-0.05, 0) is 30.3 Å². The van der Waals surface area contributed by atoms with Crippen LogP contribution in [-0.4, -0.2) is 27.0 Å². The number of benzene rings is 2. The molecule has 0 aliphatic carbocycles. The number of aromatic amines is 1. The highest BCUT2D eigenvalue weighted by Gasteiger charge is 2.18. The van der Waals surface area contributed by atoms with Crippen molar-refractivity contribution in [2.45, 2.75) is 6.54 Å². The van der Waals surface area contributed by atoms with Gasteiger partial charge in [0.2, 0.25) is 0 Å². The normalized spacial score (nSPS) is 10.9. The number of hydrogen-bond donors (Lipinski definition) is 2. The number of H-pyrrole nitrogens is 1. The number of anilines is 1. The van der Waals surface area contributed by atoms with Crippen LogP contribution < -0.4 is 10.1 Å². The molecule has 0 aliphatic rings. The summed E-state index contributed by atoms with van der Waals surface area (Å²) < 4.78 is 7.74. The van der Waals surface area contributed by atoms with Gasteiger partial charge < -0.3 is 19.6 Å². The van der Waals surface area contributed by atoms with Crippen LogP contribution in [0.25, 0.3) is 10.9 Å². The fourth-order valence-electron chi connectivity index (χ4n) is 2.85. The molecule has 1 amide bonds. The fraction of sp³-hybridized carbons (Fsp3) is 0.100. The number of carbonyl (C=O) groups is 1. The van der Waals surface area contributed by atoms with Crippen molar-refractivity contribution >= 4 is 45.7 Å². The summed E-state index contributed by atoms with van der Waals surface area (Å²) in [4.78, 5) is 19.8. The average Bonchev–Trinajstić information content (AvgIpc) is 3.31. The van der Waals surface area contributed by atoms with Crippen LogP contribution in [0.4, 0.5) is 5.69 Å². The monoisotopic (exact) mass is 414 g/mol. The van der Waals surface area contributed by atoms with E-state index >= 15 is 0 Å². The minimum Gasteiger partial charge on any atom is -0.490 e. The van der Waals surface area contributed by atoms with Crippen LogP contribution in [0.5, 0.6) is 5.75 Å². The van der Waals surface area contributed by atoms with Gasteiger partial charge in [-0.1, -0.05) is 35.3 Å². The third kappa shape index (κ3) is 3.83. The number of hydrogen-bond acceptors (Lipinski definition) is 3. The van der Waals surface area contributed by atoms with Crippen LogP contribution in [0.1, 0.15) is 10.5 Å². The van der Waals surface area contributed by atoms with E-state index < -0.39 is 0 Å². The summed E-state index contributed by atoms with van der Waals surface area (Å²) in [5.74, 6) is 0.217. The summed E-state index contributed by atoms with van der Waals surface area (Å²) in [7, 11) is 0. The van der Waals surface area contributed by atoms with Crippen molar-refractivity contribution < 1.29 is 9.53 Å². The Morgan fingerprint density at radius 3 is 2.89 bits per heavy atom. The molecule has 0 saturated heterocycles. The molecule has 0 spiro atoms. The maximum absolute atomic E-state index is 12.8. The molecular weight excluding hydrogens is 399 g/mol. The summed E-state index contributed by atoms with van der Waals surface area (Å²) in [6.07, 6.45) is 5.30. The molecule has 0 radical (unpaired) electrons. The van der Waals surface area contributed by atoms with E-state index in [-0.39, 0.29) is 11.6 Å². The molecule has 6 nitrogen and oxygen atoms in total. The highest BCUT2D eigenvalue weighted by atomic mass is 35.5. The number of para-hydroxylation sites is 2. The summed E-state index contributed by atoms with van der Waals surface area (Å²) in [5.41, 5.74) is 1.57. The minimum atomic E-state index is -0.358. The lowest BCUT2D eigenvalue weighted by Crippen LogP contribution is -2.14. The predicted molar refractivity (Wildman–Crippen MR) is 110 cm³/mol. The first-order valence-electron chi connectivity index (χ1n) is 8.57. The van der Waals surface area contributed by atoms with Crippen LogP contribution >= 0.6 is 23.2 Å². The number of carbonyl (C=O) groups excluding carboxylic acids is 1. The van der Waals surface area contributed by atoms with Gasteiger partial charge in [0.1, 0.15) is 18.1 Å². The molecule has 0 atom stereocenters. The molecule has 4 aromatic rings. The zero-order valence-electron chi connectivity index (χ0n) is 14.7. The molecule has 0 aliphatic heterocycles. The summed E-state index contributed by atoms with van der Waals surface area (Å²) >= 11 is 12.4. The SMILES string of the molecule is O=C(Nc1ccccc1OCCn1ccnc1)c1[nH]c2ccc(Cl)cc2c1Cl. The van der Waals surface area contributed by atoms with Gasteiger partial charge in [-0.15, -0.1) is 0 Å². The molecule has 0 saturated carbocycles. The molecule has 0 unspecified atom stereocenters. The second-order valence-electron chi connectivity index (χ2n) is 6.10. The number of nitrogens with zero attached hydrogens (tertiary/aromatic N) is 2. The van der Waals surface area contributed by atoms with Crippen molar-refractivity contribution in [1.29, 1.82) is 0 Å². The Labute approximate surface area is 171 Å². The molecule has 4 rings (SSSR count). The van der Waals surface area contributed by atoms with Gasteiger partial charge in [0.25, 0.3) is 5.91 Å². The topological polar surface area (TPSA) is 71.9 Å². The summed E-state index contributed by atoms with van der Waals surface area (Å²) in [6.45, 7) is 1.09. The van der Waals surface area contributed by atoms with Crippen molar-refractivity contribution in [3.8, 4) is 5.75 Å². The standard InChI is InChI=1S/C20H16Cl2N4O2/c21-13-5-6-15-14(11-13)18(22)19(24-15)20(27)25-16-3-1-2-4-17(16)28-10-9-26-8-7-23-12-26/h1-8,11-12,24H,9-10H2,(H,25,27). The highest BCUT2D eigenvalue weighted by molar-refractivity contribution is 6.40. The number of halogens is 2. The number of ether oxygens (including phenoxy) is 1. The Hall–Kier alpha value is -2.96. The largest absolute Gasteiger partial charge is 0.490 e. The first-order valence-corrected chi connectivity index (χ1v) is 9.33.